The Morgan fingerprint density at radius 2 is 1.48 bits per heavy atom. The van der Waals surface area contributed by atoms with E-state index in [0.717, 1.165) is 22.4 Å². The average Bonchev–Trinajstić information content (AvgIpc) is 3.05. The number of rotatable bonds is 4. The Kier molecular flexibility index (Phi) is 4.44. The van der Waals surface area contributed by atoms with Crippen LogP contribution in [0.15, 0.2) is 84.9 Å². The largest absolute Gasteiger partial charge is 0.462 e. The van der Waals surface area contributed by atoms with Gasteiger partial charge in [0.1, 0.15) is 5.41 Å². The minimum atomic E-state index is -0.941. The van der Waals surface area contributed by atoms with E-state index < -0.39 is 5.41 Å². The minimum Gasteiger partial charge on any atom is -0.462 e. The number of carbonyl (C=O) groups is 1. The number of carbonyl (C=O) groups excluding carboxylic acids is 1. The molecule has 0 radical (unpaired) electrons. The molecule has 0 fully saturated rings. The summed E-state index contributed by atoms with van der Waals surface area (Å²) < 4.78 is 5.82. The SMILES string of the molecule is CC(C)OC(=O)[C@@]1(c2ccccc2)c2ccccc2N[C@@H]1c1ccccc1. The summed E-state index contributed by atoms with van der Waals surface area (Å²) >= 11 is 0. The summed E-state index contributed by atoms with van der Waals surface area (Å²) in [6.45, 7) is 3.78. The molecule has 0 unspecified atom stereocenters. The Balaban J connectivity index is 2.01. The van der Waals surface area contributed by atoms with Crippen LogP contribution in [0.4, 0.5) is 5.69 Å². The highest BCUT2D eigenvalue weighted by molar-refractivity contribution is 5.94. The van der Waals surface area contributed by atoms with Crippen molar-refractivity contribution < 1.29 is 9.53 Å². The van der Waals surface area contributed by atoms with E-state index in [-0.39, 0.29) is 18.1 Å². The van der Waals surface area contributed by atoms with Crippen LogP contribution < -0.4 is 5.32 Å². The second-order valence-corrected chi connectivity index (χ2v) is 7.16. The third kappa shape index (κ3) is 2.80. The highest BCUT2D eigenvalue weighted by Gasteiger charge is 2.56. The number of hydrogen-bond acceptors (Lipinski definition) is 3. The monoisotopic (exact) mass is 357 g/mol. The van der Waals surface area contributed by atoms with Gasteiger partial charge < -0.3 is 10.1 Å². The van der Waals surface area contributed by atoms with Gasteiger partial charge in [-0.25, -0.2) is 0 Å². The first-order valence-corrected chi connectivity index (χ1v) is 9.31. The van der Waals surface area contributed by atoms with Gasteiger partial charge in [-0.15, -0.1) is 0 Å². The zero-order chi connectivity index (χ0) is 18.9. The van der Waals surface area contributed by atoms with Crippen LogP contribution in [0, 0.1) is 0 Å². The smallest absolute Gasteiger partial charge is 0.323 e. The Bertz CT molecular complexity index is 937. The maximum absolute atomic E-state index is 13.7. The number of hydrogen-bond donors (Lipinski definition) is 1. The zero-order valence-corrected chi connectivity index (χ0v) is 15.6. The van der Waals surface area contributed by atoms with Gasteiger partial charge in [0.05, 0.1) is 12.1 Å². The predicted octanol–water partition coefficient (Wildman–Crippen LogP) is 5.09. The summed E-state index contributed by atoms with van der Waals surface area (Å²) in [7, 11) is 0. The van der Waals surface area contributed by atoms with E-state index in [0.29, 0.717) is 0 Å². The molecule has 3 nitrogen and oxygen atoms in total. The normalized spacial score (nSPS) is 20.8. The van der Waals surface area contributed by atoms with Crippen LogP contribution in [-0.4, -0.2) is 12.1 Å². The molecule has 3 aromatic carbocycles. The number of fused-ring (bicyclic) bond motifs is 1. The van der Waals surface area contributed by atoms with Crippen molar-refractivity contribution in [1.29, 1.82) is 0 Å². The first-order valence-electron chi connectivity index (χ1n) is 9.31. The third-order valence-corrected chi connectivity index (χ3v) is 5.11. The van der Waals surface area contributed by atoms with Crippen LogP contribution in [0.25, 0.3) is 0 Å². The van der Waals surface area contributed by atoms with Crippen LogP contribution in [0.3, 0.4) is 0 Å². The lowest BCUT2D eigenvalue weighted by Crippen LogP contribution is -2.43. The lowest BCUT2D eigenvalue weighted by atomic mass is 9.69. The molecule has 3 aromatic rings. The molecule has 2 atom stereocenters. The molecule has 1 aliphatic heterocycles. The van der Waals surface area contributed by atoms with Gasteiger partial charge in [0.25, 0.3) is 0 Å². The van der Waals surface area contributed by atoms with E-state index in [1.54, 1.807) is 0 Å². The summed E-state index contributed by atoms with van der Waals surface area (Å²) in [5.74, 6) is -0.227. The maximum Gasteiger partial charge on any atom is 0.323 e. The van der Waals surface area contributed by atoms with Gasteiger partial charge in [0, 0.05) is 5.69 Å². The number of para-hydroxylation sites is 1. The molecule has 0 spiro atoms. The second kappa shape index (κ2) is 6.92. The predicted molar refractivity (Wildman–Crippen MR) is 108 cm³/mol. The number of benzene rings is 3. The topological polar surface area (TPSA) is 38.3 Å². The molecule has 3 heteroatoms. The molecular formula is C24H23NO2. The van der Waals surface area contributed by atoms with Crippen molar-refractivity contribution >= 4 is 11.7 Å². The van der Waals surface area contributed by atoms with Crippen molar-refractivity contribution in [3.05, 3.63) is 102 Å². The van der Waals surface area contributed by atoms with Crippen LogP contribution in [0.5, 0.6) is 0 Å². The lowest BCUT2D eigenvalue weighted by molar-refractivity contribution is -0.153. The van der Waals surface area contributed by atoms with Crippen LogP contribution in [-0.2, 0) is 14.9 Å². The number of ether oxygens (including phenoxy) is 1. The molecule has 0 amide bonds. The maximum atomic E-state index is 13.7. The van der Waals surface area contributed by atoms with E-state index in [4.69, 9.17) is 4.74 Å². The van der Waals surface area contributed by atoms with Crippen molar-refractivity contribution in [2.45, 2.75) is 31.4 Å². The van der Waals surface area contributed by atoms with Gasteiger partial charge >= 0.3 is 5.97 Å². The van der Waals surface area contributed by atoms with Gasteiger partial charge in [0.15, 0.2) is 0 Å². The van der Waals surface area contributed by atoms with E-state index in [2.05, 4.69) is 17.4 Å². The molecule has 1 N–H and O–H groups in total. The Morgan fingerprint density at radius 1 is 0.889 bits per heavy atom. The highest BCUT2D eigenvalue weighted by Crippen LogP contribution is 2.53. The van der Waals surface area contributed by atoms with Crippen molar-refractivity contribution in [1.82, 2.24) is 0 Å². The highest BCUT2D eigenvalue weighted by atomic mass is 16.5. The molecule has 0 bridgehead atoms. The summed E-state index contributed by atoms with van der Waals surface area (Å²) in [5, 5.41) is 3.59. The molecule has 0 saturated carbocycles. The first kappa shape index (κ1) is 17.3. The summed E-state index contributed by atoms with van der Waals surface area (Å²) in [4.78, 5) is 13.7. The molecule has 4 rings (SSSR count). The van der Waals surface area contributed by atoms with Crippen molar-refractivity contribution in [3.63, 3.8) is 0 Å². The van der Waals surface area contributed by atoms with Crippen LogP contribution >= 0.6 is 0 Å². The Morgan fingerprint density at radius 3 is 2.15 bits per heavy atom. The second-order valence-electron chi connectivity index (χ2n) is 7.16. The number of esters is 1. The Labute approximate surface area is 160 Å². The van der Waals surface area contributed by atoms with Crippen molar-refractivity contribution in [2.24, 2.45) is 0 Å². The molecule has 0 aliphatic carbocycles. The van der Waals surface area contributed by atoms with E-state index in [1.807, 2.05) is 86.6 Å². The quantitative estimate of drug-likeness (QED) is 0.661. The molecule has 136 valence electrons. The fraction of sp³-hybridized carbons (Fsp3) is 0.208. The summed E-state index contributed by atoms with van der Waals surface area (Å²) in [5.41, 5.74) is 2.97. The third-order valence-electron chi connectivity index (χ3n) is 5.11. The van der Waals surface area contributed by atoms with E-state index in [1.165, 1.54) is 0 Å². The molecule has 0 aromatic heterocycles. The van der Waals surface area contributed by atoms with Gasteiger partial charge in [-0.3, -0.25) is 4.79 Å². The number of nitrogens with one attached hydrogen (secondary N) is 1. The first-order chi connectivity index (χ1) is 13.1. The molecule has 1 heterocycles. The fourth-order valence-electron chi connectivity index (χ4n) is 4.03. The Hall–Kier alpha value is -3.07. The average molecular weight is 357 g/mol. The van der Waals surface area contributed by atoms with E-state index in [9.17, 15) is 4.79 Å². The van der Waals surface area contributed by atoms with Gasteiger partial charge in [-0.05, 0) is 36.6 Å². The van der Waals surface area contributed by atoms with Crippen molar-refractivity contribution in [3.8, 4) is 0 Å². The molecular weight excluding hydrogens is 334 g/mol. The van der Waals surface area contributed by atoms with E-state index >= 15 is 0 Å². The van der Waals surface area contributed by atoms with Gasteiger partial charge in [-0.2, -0.15) is 0 Å². The molecule has 27 heavy (non-hydrogen) atoms. The molecule has 0 saturated heterocycles. The van der Waals surface area contributed by atoms with Crippen LogP contribution in [0.2, 0.25) is 0 Å². The van der Waals surface area contributed by atoms with Crippen molar-refractivity contribution in [2.75, 3.05) is 5.32 Å². The van der Waals surface area contributed by atoms with Gasteiger partial charge in [0.2, 0.25) is 0 Å². The number of anilines is 1. The standard InChI is InChI=1S/C24H23NO2/c1-17(2)27-23(26)24(19-13-7-4-8-14-19)20-15-9-10-16-21(20)25-22(24)18-11-5-3-6-12-18/h3-17,22,25H,1-2H3/t22-,24+/m1/s1. The fourth-order valence-corrected chi connectivity index (χ4v) is 4.03. The zero-order valence-electron chi connectivity index (χ0n) is 15.6. The summed E-state index contributed by atoms with van der Waals surface area (Å²) in [6, 6.07) is 27.8. The lowest BCUT2D eigenvalue weighted by Gasteiger charge is -2.35. The van der Waals surface area contributed by atoms with Crippen LogP contribution in [0.1, 0.15) is 36.6 Å². The summed E-state index contributed by atoms with van der Waals surface area (Å²) in [6.07, 6.45) is -0.192. The molecule has 1 aliphatic rings. The minimum absolute atomic E-state index is 0.192. The van der Waals surface area contributed by atoms with Gasteiger partial charge in [-0.1, -0.05) is 78.9 Å².